The van der Waals surface area contributed by atoms with Crippen molar-refractivity contribution in [3.8, 4) is 11.4 Å². The van der Waals surface area contributed by atoms with Gasteiger partial charge in [0.2, 0.25) is 10.0 Å². The fourth-order valence-corrected chi connectivity index (χ4v) is 3.30. The first-order chi connectivity index (χ1) is 14.4. The van der Waals surface area contributed by atoms with Crippen molar-refractivity contribution in [2.75, 3.05) is 26.4 Å². The summed E-state index contributed by atoms with van der Waals surface area (Å²) in [6.07, 6.45) is 1.71. The standard InChI is InChI=1S/C19H21IN4O5S/c20-15-1-5-18(6-2-15)29-12-11-27-9-10-28-14-16-13-24(23-22-16)17-3-7-19(8-4-17)30(21,25)26/h1-8,13H,9-12,14H2,(H2,21,25,26). The summed E-state index contributed by atoms with van der Waals surface area (Å²) in [5, 5.41) is 13.1. The lowest BCUT2D eigenvalue weighted by molar-refractivity contribution is 0.0294. The molecule has 160 valence electrons. The van der Waals surface area contributed by atoms with E-state index in [0.29, 0.717) is 37.8 Å². The number of hydrogen-bond acceptors (Lipinski definition) is 7. The summed E-state index contributed by atoms with van der Waals surface area (Å²) in [6.45, 7) is 2.09. The maximum atomic E-state index is 11.3. The van der Waals surface area contributed by atoms with Crippen LogP contribution in [0.2, 0.25) is 0 Å². The van der Waals surface area contributed by atoms with Crippen LogP contribution < -0.4 is 9.88 Å². The van der Waals surface area contributed by atoms with Gasteiger partial charge < -0.3 is 14.2 Å². The number of rotatable bonds is 11. The number of halogens is 1. The Hall–Kier alpha value is -2.06. The lowest BCUT2D eigenvalue weighted by atomic mass is 10.3. The highest BCUT2D eigenvalue weighted by Gasteiger charge is 2.08. The van der Waals surface area contributed by atoms with Crippen molar-refractivity contribution in [1.82, 2.24) is 15.0 Å². The van der Waals surface area contributed by atoms with E-state index < -0.39 is 10.0 Å². The average Bonchev–Trinajstić information content (AvgIpc) is 3.20. The lowest BCUT2D eigenvalue weighted by Crippen LogP contribution is -2.12. The van der Waals surface area contributed by atoms with Crippen LogP contribution in [0.15, 0.2) is 59.6 Å². The molecule has 0 saturated carbocycles. The number of sulfonamides is 1. The zero-order valence-electron chi connectivity index (χ0n) is 16.0. The lowest BCUT2D eigenvalue weighted by Gasteiger charge is -2.07. The second-order valence-corrected chi connectivity index (χ2v) is 8.97. The van der Waals surface area contributed by atoms with Crippen molar-refractivity contribution in [2.24, 2.45) is 5.14 Å². The summed E-state index contributed by atoms with van der Waals surface area (Å²) in [5.74, 6) is 0.817. The molecule has 0 aliphatic rings. The molecule has 0 radical (unpaired) electrons. The van der Waals surface area contributed by atoms with E-state index in [1.54, 1.807) is 18.3 Å². The highest BCUT2D eigenvalue weighted by Crippen LogP contribution is 2.13. The predicted octanol–water partition coefficient (Wildman–Crippen LogP) is 2.13. The monoisotopic (exact) mass is 544 g/mol. The fourth-order valence-electron chi connectivity index (χ4n) is 2.43. The molecule has 0 atom stereocenters. The summed E-state index contributed by atoms with van der Waals surface area (Å²) < 4.78 is 41.9. The van der Waals surface area contributed by atoms with Crippen molar-refractivity contribution < 1.29 is 22.6 Å². The molecule has 0 aliphatic carbocycles. The van der Waals surface area contributed by atoms with Crippen LogP contribution in [-0.2, 0) is 26.1 Å². The molecule has 30 heavy (non-hydrogen) atoms. The third kappa shape index (κ3) is 7.02. The Morgan fingerprint density at radius 1 is 0.933 bits per heavy atom. The minimum absolute atomic E-state index is 0.0406. The Morgan fingerprint density at radius 3 is 2.30 bits per heavy atom. The molecule has 0 fully saturated rings. The number of nitrogens with zero attached hydrogens (tertiary/aromatic N) is 3. The highest BCUT2D eigenvalue weighted by molar-refractivity contribution is 14.1. The van der Waals surface area contributed by atoms with Gasteiger partial charge in [-0.2, -0.15) is 0 Å². The number of primary sulfonamides is 1. The molecule has 2 aromatic carbocycles. The molecule has 0 spiro atoms. The first kappa shape index (κ1) is 22.6. The molecule has 0 unspecified atom stereocenters. The van der Waals surface area contributed by atoms with Crippen molar-refractivity contribution >= 4 is 32.6 Å². The molecule has 1 aromatic heterocycles. The van der Waals surface area contributed by atoms with E-state index in [-0.39, 0.29) is 11.5 Å². The van der Waals surface area contributed by atoms with Crippen molar-refractivity contribution in [1.29, 1.82) is 0 Å². The molecule has 9 nitrogen and oxygen atoms in total. The van der Waals surface area contributed by atoms with E-state index in [1.165, 1.54) is 16.8 Å². The van der Waals surface area contributed by atoms with Crippen LogP contribution in [0.5, 0.6) is 5.75 Å². The summed E-state index contributed by atoms with van der Waals surface area (Å²) in [6, 6.07) is 13.9. The second kappa shape index (κ2) is 10.8. The van der Waals surface area contributed by atoms with Crippen LogP contribution in [0, 0.1) is 3.57 Å². The van der Waals surface area contributed by atoms with Gasteiger partial charge in [-0.25, -0.2) is 18.2 Å². The quantitative estimate of drug-likeness (QED) is 0.290. The van der Waals surface area contributed by atoms with Crippen LogP contribution in [0.4, 0.5) is 0 Å². The van der Waals surface area contributed by atoms with Gasteiger partial charge in [-0.3, -0.25) is 0 Å². The van der Waals surface area contributed by atoms with Gasteiger partial charge in [-0.05, 0) is 71.1 Å². The molecule has 0 aliphatic heterocycles. The van der Waals surface area contributed by atoms with Gasteiger partial charge in [0.15, 0.2) is 0 Å². The Bertz CT molecular complexity index is 1040. The first-order valence-electron chi connectivity index (χ1n) is 9.00. The topological polar surface area (TPSA) is 119 Å². The number of aromatic nitrogens is 3. The van der Waals surface area contributed by atoms with E-state index in [4.69, 9.17) is 19.3 Å². The Balaban J connectivity index is 1.32. The number of benzene rings is 2. The molecule has 3 aromatic rings. The summed E-state index contributed by atoms with van der Waals surface area (Å²) in [5.41, 5.74) is 1.31. The van der Waals surface area contributed by atoms with E-state index in [2.05, 4.69) is 32.9 Å². The zero-order valence-corrected chi connectivity index (χ0v) is 19.0. The third-order valence-electron chi connectivity index (χ3n) is 3.90. The number of ether oxygens (including phenoxy) is 3. The minimum atomic E-state index is -3.72. The van der Waals surface area contributed by atoms with E-state index in [0.717, 1.165) is 9.32 Å². The molecule has 2 N–H and O–H groups in total. The van der Waals surface area contributed by atoms with Gasteiger partial charge in [0, 0.05) is 3.57 Å². The average molecular weight is 544 g/mol. The normalized spacial score (nSPS) is 11.5. The number of hydrogen-bond donors (Lipinski definition) is 1. The van der Waals surface area contributed by atoms with Gasteiger partial charge >= 0.3 is 0 Å². The molecule has 0 amide bonds. The smallest absolute Gasteiger partial charge is 0.238 e. The third-order valence-corrected chi connectivity index (χ3v) is 5.55. The maximum absolute atomic E-state index is 11.3. The van der Waals surface area contributed by atoms with Crippen molar-refractivity contribution in [3.05, 3.63) is 64.0 Å². The van der Waals surface area contributed by atoms with Crippen LogP contribution in [-0.4, -0.2) is 49.8 Å². The SMILES string of the molecule is NS(=O)(=O)c1ccc(-n2cc(COCCOCCOc3ccc(I)cc3)nn2)cc1. The highest BCUT2D eigenvalue weighted by atomic mass is 127. The summed E-state index contributed by atoms with van der Waals surface area (Å²) in [7, 11) is -3.72. The Morgan fingerprint density at radius 2 is 1.60 bits per heavy atom. The van der Waals surface area contributed by atoms with Crippen LogP contribution in [0.3, 0.4) is 0 Å². The van der Waals surface area contributed by atoms with Gasteiger partial charge in [-0.15, -0.1) is 5.10 Å². The van der Waals surface area contributed by atoms with Crippen LogP contribution in [0.1, 0.15) is 5.69 Å². The molecule has 3 rings (SSSR count). The molecule has 11 heteroatoms. The number of nitrogens with two attached hydrogens (primary N) is 1. The molecule has 0 bridgehead atoms. The van der Waals surface area contributed by atoms with Crippen molar-refractivity contribution in [3.63, 3.8) is 0 Å². The van der Waals surface area contributed by atoms with Gasteiger partial charge in [0.05, 0.1) is 43.2 Å². The Labute approximate surface area is 188 Å². The molecule has 0 saturated heterocycles. The van der Waals surface area contributed by atoms with Gasteiger partial charge in [0.1, 0.15) is 18.1 Å². The maximum Gasteiger partial charge on any atom is 0.238 e. The second-order valence-electron chi connectivity index (χ2n) is 6.16. The molecular formula is C19H21IN4O5S. The zero-order chi connectivity index (χ0) is 21.4. The fraction of sp³-hybridized carbons (Fsp3) is 0.263. The van der Waals surface area contributed by atoms with Gasteiger partial charge in [-0.1, -0.05) is 5.21 Å². The summed E-state index contributed by atoms with van der Waals surface area (Å²) >= 11 is 2.24. The summed E-state index contributed by atoms with van der Waals surface area (Å²) in [4.78, 5) is 0.0406. The predicted molar refractivity (Wildman–Crippen MR) is 118 cm³/mol. The van der Waals surface area contributed by atoms with E-state index >= 15 is 0 Å². The van der Waals surface area contributed by atoms with Crippen LogP contribution >= 0.6 is 22.6 Å². The minimum Gasteiger partial charge on any atom is -0.491 e. The first-order valence-corrected chi connectivity index (χ1v) is 11.6. The van der Waals surface area contributed by atoms with Gasteiger partial charge in [0.25, 0.3) is 0 Å². The van der Waals surface area contributed by atoms with E-state index in [1.807, 2.05) is 24.3 Å². The molecular weight excluding hydrogens is 523 g/mol. The Kier molecular flexibility index (Phi) is 8.16. The molecule has 1 heterocycles. The van der Waals surface area contributed by atoms with Crippen molar-refractivity contribution in [2.45, 2.75) is 11.5 Å². The van der Waals surface area contributed by atoms with Crippen LogP contribution in [0.25, 0.3) is 5.69 Å². The largest absolute Gasteiger partial charge is 0.491 e. The van der Waals surface area contributed by atoms with E-state index in [9.17, 15) is 8.42 Å².